The Morgan fingerprint density at radius 2 is 1.61 bits per heavy atom. The maximum absolute atomic E-state index is 13.9. The minimum absolute atomic E-state index is 0.0386. The van der Waals surface area contributed by atoms with Gasteiger partial charge in [-0.1, -0.05) is 79.9 Å². The number of hydrogen-bond acceptors (Lipinski definition) is 6. The summed E-state index contributed by atoms with van der Waals surface area (Å²) in [6.07, 6.45) is 6.19. The van der Waals surface area contributed by atoms with Crippen molar-refractivity contribution in [3.63, 3.8) is 0 Å². The van der Waals surface area contributed by atoms with Crippen molar-refractivity contribution in [3.05, 3.63) is 95.6 Å². The summed E-state index contributed by atoms with van der Waals surface area (Å²) >= 11 is 0. The first-order valence-corrected chi connectivity index (χ1v) is 16.7. The fourth-order valence-corrected chi connectivity index (χ4v) is 6.23. The molecule has 244 valence electrons. The zero-order valence-electron chi connectivity index (χ0n) is 26.7. The van der Waals surface area contributed by atoms with Gasteiger partial charge < -0.3 is 31.3 Å². The number of rotatable bonds is 14. The van der Waals surface area contributed by atoms with E-state index in [1.54, 1.807) is 24.0 Å². The Morgan fingerprint density at radius 1 is 0.913 bits per heavy atom. The molecule has 5 N–H and O–H groups in total. The molecule has 0 unspecified atom stereocenters. The Balaban J connectivity index is 1.30. The van der Waals surface area contributed by atoms with Crippen molar-refractivity contribution >= 4 is 29.1 Å². The van der Waals surface area contributed by atoms with E-state index in [-0.39, 0.29) is 30.3 Å². The molecular formula is C37H47N5O4. The Kier molecular flexibility index (Phi) is 11.8. The van der Waals surface area contributed by atoms with Crippen molar-refractivity contribution in [1.82, 2.24) is 16.0 Å². The summed E-state index contributed by atoms with van der Waals surface area (Å²) in [6, 6.07) is 24.2. The molecule has 9 heteroatoms. The first-order valence-electron chi connectivity index (χ1n) is 16.7. The molecule has 1 saturated carbocycles. The third kappa shape index (κ3) is 9.40. The van der Waals surface area contributed by atoms with Gasteiger partial charge in [-0.3, -0.25) is 14.4 Å². The standard InChI is InChI=1S/C37H47N5O4/c1-26(36(45)40-30-16-9-4-10-17-30)38-25-34(43)33(20-27-12-5-2-6-13-27)41-37(46)29-21-31(39-24-28-14-7-3-8-15-28)23-32(22-29)42-19-11-18-35(42)44/h2-3,5-8,12-15,21-23,26,30,33-34,38-39,43H,4,9-11,16-20,24-25H2,1H3,(H,40,45)(H,41,46)/t26-,33-,34-/m0/s1. The number of benzene rings is 3. The number of nitrogens with zero attached hydrogens (tertiary/aromatic N) is 1. The number of hydrogen-bond donors (Lipinski definition) is 5. The third-order valence-corrected chi connectivity index (χ3v) is 8.96. The van der Waals surface area contributed by atoms with E-state index in [0.717, 1.165) is 48.9 Å². The monoisotopic (exact) mass is 625 g/mol. The van der Waals surface area contributed by atoms with Gasteiger partial charge in [0, 0.05) is 49.0 Å². The van der Waals surface area contributed by atoms with Crippen LogP contribution in [-0.4, -0.2) is 60.1 Å². The molecule has 1 aliphatic heterocycles. The van der Waals surface area contributed by atoms with Crippen LogP contribution in [0.5, 0.6) is 0 Å². The van der Waals surface area contributed by atoms with E-state index in [9.17, 15) is 19.5 Å². The van der Waals surface area contributed by atoms with E-state index >= 15 is 0 Å². The summed E-state index contributed by atoms with van der Waals surface area (Å²) < 4.78 is 0. The second-order valence-corrected chi connectivity index (χ2v) is 12.6. The summed E-state index contributed by atoms with van der Waals surface area (Å²) in [4.78, 5) is 41.0. The minimum Gasteiger partial charge on any atom is -0.390 e. The van der Waals surface area contributed by atoms with E-state index in [1.165, 1.54) is 6.42 Å². The van der Waals surface area contributed by atoms with Crippen LogP contribution in [0.1, 0.15) is 73.4 Å². The number of aliphatic hydroxyl groups is 1. The van der Waals surface area contributed by atoms with Gasteiger partial charge in [-0.2, -0.15) is 0 Å². The van der Waals surface area contributed by atoms with Crippen molar-refractivity contribution in [3.8, 4) is 0 Å². The molecular weight excluding hydrogens is 578 g/mol. The Morgan fingerprint density at radius 3 is 2.28 bits per heavy atom. The van der Waals surface area contributed by atoms with Gasteiger partial charge in [-0.25, -0.2) is 0 Å². The maximum atomic E-state index is 13.9. The summed E-state index contributed by atoms with van der Waals surface area (Å²) in [5, 5.41) is 24.2. The molecule has 5 rings (SSSR count). The molecule has 3 aromatic rings. The first kappa shape index (κ1) is 33.2. The minimum atomic E-state index is -0.965. The largest absolute Gasteiger partial charge is 0.390 e. The van der Waals surface area contributed by atoms with Gasteiger partial charge in [-0.15, -0.1) is 0 Å². The lowest BCUT2D eigenvalue weighted by atomic mass is 9.95. The normalized spacial score (nSPS) is 17.3. The lowest BCUT2D eigenvalue weighted by Gasteiger charge is -2.28. The molecule has 0 aromatic heterocycles. The van der Waals surface area contributed by atoms with E-state index in [4.69, 9.17) is 0 Å². The van der Waals surface area contributed by atoms with Crippen LogP contribution in [0, 0.1) is 0 Å². The summed E-state index contributed by atoms with van der Waals surface area (Å²) in [6.45, 7) is 3.09. The summed E-state index contributed by atoms with van der Waals surface area (Å²) in [5.41, 5.74) is 3.86. The van der Waals surface area contributed by atoms with Crippen LogP contribution in [-0.2, 0) is 22.6 Å². The topological polar surface area (TPSA) is 123 Å². The van der Waals surface area contributed by atoms with Crippen molar-refractivity contribution in [2.45, 2.75) is 89.1 Å². The molecule has 0 bridgehead atoms. The van der Waals surface area contributed by atoms with Gasteiger partial charge in [0.05, 0.1) is 18.2 Å². The average Bonchev–Trinajstić information content (AvgIpc) is 3.52. The van der Waals surface area contributed by atoms with Gasteiger partial charge in [0.15, 0.2) is 0 Å². The highest BCUT2D eigenvalue weighted by molar-refractivity contribution is 6.00. The van der Waals surface area contributed by atoms with E-state index in [0.29, 0.717) is 37.2 Å². The van der Waals surface area contributed by atoms with Gasteiger partial charge in [0.2, 0.25) is 11.8 Å². The van der Waals surface area contributed by atoms with Crippen LogP contribution in [0.25, 0.3) is 0 Å². The lowest BCUT2D eigenvalue weighted by Crippen LogP contribution is -2.53. The van der Waals surface area contributed by atoms with Crippen LogP contribution in [0.3, 0.4) is 0 Å². The Hall–Kier alpha value is -4.21. The third-order valence-electron chi connectivity index (χ3n) is 8.96. The van der Waals surface area contributed by atoms with E-state index in [1.807, 2.05) is 66.7 Å². The molecule has 2 fully saturated rings. The van der Waals surface area contributed by atoms with Gasteiger partial charge in [0.25, 0.3) is 5.91 Å². The highest BCUT2D eigenvalue weighted by Gasteiger charge is 2.27. The number of carbonyl (C=O) groups excluding carboxylic acids is 3. The molecule has 1 aliphatic carbocycles. The SMILES string of the molecule is C[C@H](NC[C@H](O)[C@H](Cc1ccccc1)NC(=O)c1cc(NCc2ccccc2)cc(N2CCCC2=O)c1)C(=O)NC1CCCCC1. The number of carbonyl (C=O) groups is 3. The van der Waals surface area contributed by atoms with E-state index < -0.39 is 18.2 Å². The average molecular weight is 626 g/mol. The molecule has 9 nitrogen and oxygen atoms in total. The number of anilines is 2. The van der Waals surface area contributed by atoms with Crippen molar-refractivity contribution in [1.29, 1.82) is 0 Å². The van der Waals surface area contributed by atoms with Crippen molar-refractivity contribution < 1.29 is 19.5 Å². The molecule has 3 amide bonds. The second-order valence-electron chi connectivity index (χ2n) is 12.6. The highest BCUT2D eigenvalue weighted by Crippen LogP contribution is 2.27. The molecule has 46 heavy (non-hydrogen) atoms. The fourth-order valence-electron chi connectivity index (χ4n) is 6.23. The second kappa shape index (κ2) is 16.4. The Labute approximate surface area is 272 Å². The molecule has 3 aromatic carbocycles. The first-order chi connectivity index (χ1) is 22.4. The van der Waals surface area contributed by atoms with Crippen LogP contribution in [0.4, 0.5) is 11.4 Å². The predicted octanol–water partition coefficient (Wildman–Crippen LogP) is 4.55. The van der Waals surface area contributed by atoms with Gasteiger partial charge in [0.1, 0.15) is 0 Å². The van der Waals surface area contributed by atoms with Crippen LogP contribution >= 0.6 is 0 Å². The quantitative estimate of drug-likeness (QED) is 0.179. The smallest absolute Gasteiger partial charge is 0.251 e. The van der Waals surface area contributed by atoms with Gasteiger partial charge >= 0.3 is 0 Å². The fraction of sp³-hybridized carbons (Fsp3) is 0.432. The maximum Gasteiger partial charge on any atom is 0.251 e. The molecule has 1 heterocycles. The summed E-state index contributed by atoms with van der Waals surface area (Å²) in [7, 11) is 0. The number of aliphatic hydroxyl groups excluding tert-OH is 1. The highest BCUT2D eigenvalue weighted by atomic mass is 16.3. The summed E-state index contributed by atoms with van der Waals surface area (Å²) in [5.74, 6) is -0.387. The van der Waals surface area contributed by atoms with E-state index in [2.05, 4.69) is 21.3 Å². The van der Waals surface area contributed by atoms with Crippen molar-refractivity contribution in [2.75, 3.05) is 23.3 Å². The number of amides is 3. The molecule has 0 radical (unpaired) electrons. The van der Waals surface area contributed by atoms with Crippen LogP contribution < -0.4 is 26.2 Å². The molecule has 0 spiro atoms. The van der Waals surface area contributed by atoms with Crippen LogP contribution in [0.15, 0.2) is 78.9 Å². The zero-order valence-corrected chi connectivity index (χ0v) is 26.7. The predicted molar refractivity (Wildman–Crippen MR) is 182 cm³/mol. The Bertz CT molecular complexity index is 1440. The van der Waals surface area contributed by atoms with Crippen LogP contribution in [0.2, 0.25) is 0 Å². The zero-order chi connectivity index (χ0) is 32.3. The number of nitrogens with one attached hydrogen (secondary N) is 4. The van der Waals surface area contributed by atoms with Gasteiger partial charge in [-0.05, 0) is 61.9 Å². The lowest BCUT2D eigenvalue weighted by molar-refractivity contribution is -0.123. The van der Waals surface area contributed by atoms with Crippen molar-refractivity contribution in [2.24, 2.45) is 0 Å². The molecule has 3 atom stereocenters. The molecule has 1 saturated heterocycles. The molecule has 2 aliphatic rings.